The number of carbonyl (C=O) groups is 3. The Morgan fingerprint density at radius 3 is 2.10 bits per heavy atom. The van der Waals surface area contributed by atoms with Crippen molar-refractivity contribution in [1.29, 1.82) is 0 Å². The summed E-state index contributed by atoms with van der Waals surface area (Å²) in [7, 11) is 0. The van der Waals surface area contributed by atoms with Crippen LogP contribution in [0.2, 0.25) is 0 Å². The maximum absolute atomic E-state index is 11.6. The van der Waals surface area contributed by atoms with Crippen LogP contribution in [0.25, 0.3) is 0 Å². The van der Waals surface area contributed by atoms with Crippen LogP contribution in [0.3, 0.4) is 0 Å². The number of carboxylic acid groups (broad SMARTS) is 1. The maximum atomic E-state index is 11.6. The Labute approximate surface area is 120 Å². The molecule has 0 aliphatic heterocycles. The lowest BCUT2D eigenvalue weighted by Gasteiger charge is -2.18. The van der Waals surface area contributed by atoms with Gasteiger partial charge in [0.15, 0.2) is 0 Å². The SMILES string of the molecule is CC(C)C[C@H](NC(=O)CCNC(=O)C(C)(C)C)C(=O)O. The van der Waals surface area contributed by atoms with Crippen molar-refractivity contribution < 1.29 is 19.5 Å². The molecule has 6 nitrogen and oxygen atoms in total. The van der Waals surface area contributed by atoms with E-state index in [-0.39, 0.29) is 30.7 Å². The zero-order valence-electron chi connectivity index (χ0n) is 12.9. The van der Waals surface area contributed by atoms with Crippen LogP contribution >= 0.6 is 0 Å². The number of carbonyl (C=O) groups excluding carboxylic acids is 2. The van der Waals surface area contributed by atoms with E-state index in [0.29, 0.717) is 6.42 Å². The van der Waals surface area contributed by atoms with E-state index in [1.54, 1.807) is 20.8 Å². The highest BCUT2D eigenvalue weighted by molar-refractivity contribution is 5.85. The lowest BCUT2D eigenvalue weighted by atomic mass is 9.96. The predicted molar refractivity (Wildman–Crippen MR) is 76.1 cm³/mol. The fourth-order valence-electron chi connectivity index (χ4n) is 1.51. The molecule has 0 aliphatic rings. The molecule has 0 aromatic heterocycles. The van der Waals surface area contributed by atoms with Gasteiger partial charge in [0.1, 0.15) is 6.04 Å². The summed E-state index contributed by atoms with van der Waals surface area (Å²) in [5.41, 5.74) is -0.502. The van der Waals surface area contributed by atoms with E-state index in [0.717, 1.165) is 0 Å². The third kappa shape index (κ3) is 7.76. The van der Waals surface area contributed by atoms with Crippen molar-refractivity contribution in [3.8, 4) is 0 Å². The number of aliphatic carboxylic acids is 1. The van der Waals surface area contributed by atoms with Gasteiger partial charge >= 0.3 is 5.97 Å². The van der Waals surface area contributed by atoms with E-state index in [4.69, 9.17) is 5.11 Å². The van der Waals surface area contributed by atoms with Crippen molar-refractivity contribution in [1.82, 2.24) is 10.6 Å². The summed E-state index contributed by atoms with van der Waals surface area (Å²) in [5.74, 6) is -1.36. The standard InChI is InChI=1S/C14H26N2O4/c1-9(2)8-10(12(18)19)16-11(17)6-7-15-13(20)14(3,4)5/h9-10H,6-8H2,1-5H3,(H,15,20)(H,16,17)(H,18,19)/t10-/m0/s1. The average Bonchev–Trinajstić information content (AvgIpc) is 2.25. The molecule has 20 heavy (non-hydrogen) atoms. The van der Waals surface area contributed by atoms with Gasteiger partial charge in [0.05, 0.1) is 0 Å². The summed E-state index contributed by atoms with van der Waals surface area (Å²) in [4.78, 5) is 34.2. The zero-order valence-corrected chi connectivity index (χ0v) is 12.9. The first-order valence-corrected chi connectivity index (χ1v) is 6.84. The van der Waals surface area contributed by atoms with Gasteiger partial charge in [-0.15, -0.1) is 0 Å². The summed E-state index contributed by atoms with van der Waals surface area (Å²) in [5, 5.41) is 14.1. The molecule has 0 aromatic rings. The number of nitrogens with one attached hydrogen (secondary N) is 2. The van der Waals surface area contributed by atoms with Gasteiger partial charge in [0.25, 0.3) is 0 Å². The fourth-order valence-corrected chi connectivity index (χ4v) is 1.51. The van der Waals surface area contributed by atoms with Crippen LogP contribution in [0.15, 0.2) is 0 Å². The summed E-state index contributed by atoms with van der Waals surface area (Å²) >= 11 is 0. The lowest BCUT2D eigenvalue weighted by Crippen LogP contribution is -2.43. The lowest BCUT2D eigenvalue weighted by molar-refractivity contribution is -0.142. The molecule has 0 aliphatic carbocycles. The van der Waals surface area contributed by atoms with Gasteiger partial charge in [-0.25, -0.2) is 4.79 Å². The van der Waals surface area contributed by atoms with Crippen molar-refractivity contribution in [2.24, 2.45) is 11.3 Å². The molecule has 0 saturated carbocycles. The Morgan fingerprint density at radius 2 is 1.70 bits per heavy atom. The molecular weight excluding hydrogens is 260 g/mol. The third-order valence-corrected chi connectivity index (χ3v) is 2.66. The Balaban J connectivity index is 4.15. The molecule has 0 radical (unpaired) electrons. The Bertz CT molecular complexity index is 359. The average molecular weight is 286 g/mol. The molecule has 3 N–H and O–H groups in total. The Morgan fingerprint density at radius 1 is 1.15 bits per heavy atom. The van der Waals surface area contributed by atoms with Crippen molar-refractivity contribution in [3.05, 3.63) is 0 Å². The minimum atomic E-state index is -1.04. The summed E-state index contributed by atoms with van der Waals surface area (Å²) < 4.78 is 0. The van der Waals surface area contributed by atoms with Crippen molar-refractivity contribution in [3.63, 3.8) is 0 Å². The van der Waals surface area contributed by atoms with Gasteiger partial charge in [-0.2, -0.15) is 0 Å². The smallest absolute Gasteiger partial charge is 0.326 e. The number of carboxylic acids is 1. The second kappa shape index (κ2) is 7.87. The molecule has 0 aromatic carbocycles. The van der Waals surface area contributed by atoms with Gasteiger partial charge < -0.3 is 15.7 Å². The number of hydrogen-bond donors (Lipinski definition) is 3. The molecule has 0 bridgehead atoms. The Kier molecular flexibility index (Phi) is 7.24. The minimum absolute atomic E-state index is 0.0731. The predicted octanol–water partition coefficient (Wildman–Crippen LogP) is 1.15. The molecule has 116 valence electrons. The van der Waals surface area contributed by atoms with Gasteiger partial charge in [0.2, 0.25) is 11.8 Å². The van der Waals surface area contributed by atoms with Crippen LogP contribution in [-0.4, -0.2) is 35.5 Å². The van der Waals surface area contributed by atoms with Crippen LogP contribution in [0.5, 0.6) is 0 Å². The number of amides is 2. The molecule has 0 spiro atoms. The summed E-state index contributed by atoms with van der Waals surface area (Å²) in [6, 6.07) is -0.874. The van der Waals surface area contributed by atoms with Crippen molar-refractivity contribution in [2.45, 2.75) is 53.5 Å². The van der Waals surface area contributed by atoms with Crippen LogP contribution < -0.4 is 10.6 Å². The van der Waals surface area contributed by atoms with Gasteiger partial charge in [-0.1, -0.05) is 34.6 Å². The molecule has 6 heteroatoms. The van der Waals surface area contributed by atoms with Crippen LogP contribution in [0.1, 0.15) is 47.5 Å². The third-order valence-electron chi connectivity index (χ3n) is 2.66. The van der Waals surface area contributed by atoms with E-state index < -0.39 is 17.4 Å². The van der Waals surface area contributed by atoms with E-state index in [9.17, 15) is 14.4 Å². The van der Waals surface area contributed by atoms with E-state index >= 15 is 0 Å². The van der Waals surface area contributed by atoms with Crippen LogP contribution in [0.4, 0.5) is 0 Å². The topological polar surface area (TPSA) is 95.5 Å². The monoisotopic (exact) mass is 286 g/mol. The minimum Gasteiger partial charge on any atom is -0.480 e. The van der Waals surface area contributed by atoms with Crippen LogP contribution in [-0.2, 0) is 14.4 Å². The zero-order chi connectivity index (χ0) is 15.9. The second-order valence-corrected chi connectivity index (χ2v) is 6.34. The number of rotatable bonds is 7. The first-order valence-electron chi connectivity index (χ1n) is 6.84. The van der Waals surface area contributed by atoms with E-state index in [1.807, 2.05) is 13.8 Å². The molecule has 2 amide bonds. The normalized spacial score (nSPS) is 12.9. The van der Waals surface area contributed by atoms with Crippen molar-refractivity contribution >= 4 is 17.8 Å². The van der Waals surface area contributed by atoms with Gasteiger partial charge in [-0.3, -0.25) is 9.59 Å². The summed E-state index contributed by atoms with van der Waals surface area (Å²) in [6.45, 7) is 9.34. The quantitative estimate of drug-likeness (QED) is 0.654. The molecule has 1 atom stereocenters. The summed E-state index contributed by atoms with van der Waals surface area (Å²) in [6.07, 6.45) is 0.457. The molecule has 0 saturated heterocycles. The molecule has 0 unspecified atom stereocenters. The first kappa shape index (κ1) is 18.4. The number of hydrogen-bond acceptors (Lipinski definition) is 3. The highest BCUT2D eigenvalue weighted by Gasteiger charge is 2.22. The van der Waals surface area contributed by atoms with E-state index in [1.165, 1.54) is 0 Å². The molecule has 0 fully saturated rings. The first-order chi connectivity index (χ1) is 9.04. The van der Waals surface area contributed by atoms with Crippen molar-refractivity contribution in [2.75, 3.05) is 6.54 Å². The fraction of sp³-hybridized carbons (Fsp3) is 0.786. The largest absolute Gasteiger partial charge is 0.480 e. The molecule has 0 rings (SSSR count). The van der Waals surface area contributed by atoms with Gasteiger partial charge in [0, 0.05) is 18.4 Å². The molecule has 0 heterocycles. The highest BCUT2D eigenvalue weighted by atomic mass is 16.4. The second-order valence-electron chi connectivity index (χ2n) is 6.34. The van der Waals surface area contributed by atoms with Crippen LogP contribution in [0, 0.1) is 11.3 Å². The maximum Gasteiger partial charge on any atom is 0.326 e. The van der Waals surface area contributed by atoms with Gasteiger partial charge in [-0.05, 0) is 12.3 Å². The molecular formula is C14H26N2O4. The highest BCUT2D eigenvalue weighted by Crippen LogP contribution is 2.12. The van der Waals surface area contributed by atoms with E-state index in [2.05, 4.69) is 10.6 Å². The Hall–Kier alpha value is -1.59.